The topological polar surface area (TPSA) is 125 Å². The fraction of sp³-hybridized carbons (Fsp3) is 0.308. The second kappa shape index (κ2) is 7.73. The Morgan fingerprint density at radius 1 is 1.24 bits per heavy atom. The third-order valence-corrected chi connectivity index (χ3v) is 2.32. The zero-order chi connectivity index (χ0) is 15.8. The van der Waals surface area contributed by atoms with E-state index in [4.69, 9.17) is 5.11 Å². The molecular weight excluding hydrogens is 280 g/mol. The quantitative estimate of drug-likeness (QED) is 0.586. The summed E-state index contributed by atoms with van der Waals surface area (Å²) in [6, 6.07) is 2.63. The molecule has 0 saturated carbocycles. The summed E-state index contributed by atoms with van der Waals surface area (Å²) in [6.45, 7) is 1.60. The molecule has 21 heavy (non-hydrogen) atoms. The predicted octanol–water partition coefficient (Wildman–Crippen LogP) is 0.490. The first-order valence-corrected chi connectivity index (χ1v) is 6.20. The predicted molar refractivity (Wildman–Crippen MR) is 71.9 cm³/mol. The van der Waals surface area contributed by atoms with Gasteiger partial charge in [0.2, 0.25) is 0 Å². The number of benzene rings is 1. The lowest BCUT2D eigenvalue weighted by atomic mass is 10.2. The van der Waals surface area contributed by atoms with Gasteiger partial charge in [0.05, 0.1) is 0 Å². The number of hydrogen-bond acceptors (Lipinski definition) is 6. The van der Waals surface area contributed by atoms with Crippen molar-refractivity contribution >= 4 is 17.9 Å². The third kappa shape index (κ3) is 5.39. The highest BCUT2D eigenvalue weighted by Gasteiger charge is 2.15. The number of rotatable bonds is 5. The lowest BCUT2D eigenvalue weighted by Crippen LogP contribution is -2.41. The number of nitrogens with one attached hydrogen (secondary N) is 2. The van der Waals surface area contributed by atoms with Gasteiger partial charge >= 0.3 is 12.0 Å². The lowest BCUT2D eigenvalue weighted by Gasteiger charge is -2.07. The number of phenols is 2. The number of imide groups is 1. The Kier molecular flexibility index (Phi) is 5.99. The summed E-state index contributed by atoms with van der Waals surface area (Å²) < 4.78 is 4.64. The molecule has 0 aliphatic carbocycles. The molecule has 0 atom stereocenters. The smallest absolute Gasteiger partial charge is 0.342 e. The molecule has 0 spiro atoms. The Hall–Kier alpha value is -2.77. The van der Waals surface area contributed by atoms with Crippen LogP contribution in [-0.2, 0) is 9.53 Å². The van der Waals surface area contributed by atoms with E-state index in [2.05, 4.69) is 10.1 Å². The molecule has 0 aliphatic heterocycles. The van der Waals surface area contributed by atoms with Crippen LogP contribution in [0.4, 0.5) is 4.79 Å². The Morgan fingerprint density at radius 3 is 2.57 bits per heavy atom. The molecule has 1 aromatic carbocycles. The molecule has 1 aromatic rings. The molecule has 0 bridgehead atoms. The summed E-state index contributed by atoms with van der Waals surface area (Å²) in [5.74, 6) is -2.43. The van der Waals surface area contributed by atoms with Gasteiger partial charge in [0.25, 0.3) is 5.91 Å². The van der Waals surface area contributed by atoms with Crippen molar-refractivity contribution in [3.05, 3.63) is 23.8 Å². The van der Waals surface area contributed by atoms with Gasteiger partial charge in [-0.3, -0.25) is 10.1 Å². The largest absolute Gasteiger partial charge is 0.508 e. The van der Waals surface area contributed by atoms with Crippen molar-refractivity contribution in [1.29, 1.82) is 0 Å². The average Bonchev–Trinajstić information content (AvgIpc) is 2.42. The van der Waals surface area contributed by atoms with Crippen molar-refractivity contribution < 1.29 is 29.3 Å². The number of carbonyl (C=O) groups is 3. The van der Waals surface area contributed by atoms with Gasteiger partial charge in [-0.1, -0.05) is 6.92 Å². The molecule has 8 heteroatoms. The molecule has 4 N–H and O–H groups in total. The van der Waals surface area contributed by atoms with Crippen LogP contribution in [0.25, 0.3) is 0 Å². The fourth-order valence-corrected chi connectivity index (χ4v) is 1.35. The number of amides is 3. The van der Waals surface area contributed by atoms with Crippen LogP contribution < -0.4 is 10.6 Å². The minimum absolute atomic E-state index is 0.198. The van der Waals surface area contributed by atoms with Crippen LogP contribution in [-0.4, -0.2) is 41.3 Å². The average molecular weight is 296 g/mol. The van der Waals surface area contributed by atoms with Crippen molar-refractivity contribution in [3.8, 4) is 11.5 Å². The number of ether oxygens (including phenoxy) is 1. The summed E-state index contributed by atoms with van der Waals surface area (Å²) in [5, 5.41) is 22.9. The van der Waals surface area contributed by atoms with Crippen molar-refractivity contribution in [2.24, 2.45) is 0 Å². The van der Waals surface area contributed by atoms with E-state index in [1.807, 2.05) is 12.2 Å². The van der Waals surface area contributed by atoms with Crippen molar-refractivity contribution in [1.82, 2.24) is 10.6 Å². The number of urea groups is 1. The second-order valence-electron chi connectivity index (χ2n) is 4.08. The van der Waals surface area contributed by atoms with Gasteiger partial charge in [-0.15, -0.1) is 0 Å². The van der Waals surface area contributed by atoms with E-state index in [1.54, 1.807) is 0 Å². The summed E-state index contributed by atoms with van der Waals surface area (Å²) in [7, 11) is 0. The highest BCUT2D eigenvalue weighted by atomic mass is 16.5. The van der Waals surface area contributed by atoms with Gasteiger partial charge in [-0.05, 0) is 18.6 Å². The minimum Gasteiger partial charge on any atom is -0.508 e. The van der Waals surface area contributed by atoms with Crippen LogP contribution in [0.3, 0.4) is 0 Å². The van der Waals surface area contributed by atoms with E-state index in [9.17, 15) is 19.5 Å². The molecule has 114 valence electrons. The van der Waals surface area contributed by atoms with Gasteiger partial charge in [-0.25, -0.2) is 9.59 Å². The van der Waals surface area contributed by atoms with Crippen LogP contribution >= 0.6 is 0 Å². The third-order valence-electron chi connectivity index (χ3n) is 2.32. The summed E-state index contributed by atoms with van der Waals surface area (Å²) >= 11 is 0. The summed E-state index contributed by atoms with van der Waals surface area (Å²) in [6.07, 6.45) is 0.719. The molecule has 1 rings (SSSR count). The van der Waals surface area contributed by atoms with Gasteiger partial charge in [-0.2, -0.15) is 0 Å². The molecule has 0 fully saturated rings. The first-order chi connectivity index (χ1) is 9.93. The maximum absolute atomic E-state index is 11.6. The molecule has 0 unspecified atom stereocenters. The van der Waals surface area contributed by atoms with Gasteiger partial charge in [0.1, 0.15) is 17.1 Å². The second-order valence-corrected chi connectivity index (χ2v) is 4.08. The maximum Gasteiger partial charge on any atom is 0.342 e. The Morgan fingerprint density at radius 2 is 1.95 bits per heavy atom. The van der Waals surface area contributed by atoms with E-state index < -0.39 is 30.3 Å². The van der Waals surface area contributed by atoms with Crippen LogP contribution in [0.15, 0.2) is 18.2 Å². The summed E-state index contributed by atoms with van der Waals surface area (Å²) in [4.78, 5) is 34.1. The van der Waals surface area contributed by atoms with E-state index in [0.717, 1.165) is 18.6 Å². The van der Waals surface area contributed by atoms with Crippen molar-refractivity contribution in [2.75, 3.05) is 13.2 Å². The number of aromatic hydroxyl groups is 2. The molecule has 0 saturated heterocycles. The number of hydrogen-bond donors (Lipinski definition) is 4. The van der Waals surface area contributed by atoms with Gasteiger partial charge < -0.3 is 20.3 Å². The zero-order valence-corrected chi connectivity index (χ0v) is 11.4. The summed E-state index contributed by atoms with van der Waals surface area (Å²) in [5.41, 5.74) is -0.198. The zero-order valence-electron chi connectivity index (χ0n) is 11.4. The standard InChI is InChI=1S/C13H16N2O6/c1-2-5-14-13(20)15-11(18)7-21-12(19)9-4-3-8(16)6-10(9)17/h3-4,6,16-17H,2,5,7H2,1H3,(H2,14,15,18,20). The Bertz CT molecular complexity index is 543. The highest BCUT2D eigenvalue weighted by molar-refractivity contribution is 5.97. The first-order valence-electron chi connectivity index (χ1n) is 6.20. The van der Waals surface area contributed by atoms with Crippen LogP contribution in [0.2, 0.25) is 0 Å². The maximum atomic E-state index is 11.6. The first kappa shape index (κ1) is 16.3. The van der Waals surface area contributed by atoms with Gasteiger partial charge in [0, 0.05) is 12.6 Å². The molecular formula is C13H16N2O6. The number of esters is 1. The van der Waals surface area contributed by atoms with E-state index in [0.29, 0.717) is 6.54 Å². The number of carbonyl (C=O) groups excluding carboxylic acids is 3. The molecule has 0 aromatic heterocycles. The Balaban J connectivity index is 2.45. The van der Waals surface area contributed by atoms with Crippen LogP contribution in [0.5, 0.6) is 11.5 Å². The fourth-order valence-electron chi connectivity index (χ4n) is 1.35. The van der Waals surface area contributed by atoms with Crippen LogP contribution in [0.1, 0.15) is 23.7 Å². The molecule has 0 radical (unpaired) electrons. The minimum atomic E-state index is -0.948. The van der Waals surface area contributed by atoms with Crippen molar-refractivity contribution in [2.45, 2.75) is 13.3 Å². The van der Waals surface area contributed by atoms with E-state index in [1.165, 1.54) is 6.07 Å². The molecule has 8 nitrogen and oxygen atoms in total. The normalized spacial score (nSPS) is 9.76. The lowest BCUT2D eigenvalue weighted by molar-refractivity contribution is -0.123. The van der Waals surface area contributed by atoms with E-state index in [-0.39, 0.29) is 11.3 Å². The molecule has 0 heterocycles. The molecule has 0 aliphatic rings. The van der Waals surface area contributed by atoms with Crippen LogP contribution in [0, 0.1) is 0 Å². The van der Waals surface area contributed by atoms with Gasteiger partial charge in [0.15, 0.2) is 6.61 Å². The SMILES string of the molecule is CCCNC(=O)NC(=O)COC(=O)c1ccc(O)cc1O. The molecule has 3 amide bonds. The Labute approximate surface area is 120 Å². The highest BCUT2D eigenvalue weighted by Crippen LogP contribution is 2.22. The van der Waals surface area contributed by atoms with Crippen molar-refractivity contribution in [3.63, 3.8) is 0 Å². The van der Waals surface area contributed by atoms with E-state index >= 15 is 0 Å². The monoisotopic (exact) mass is 296 g/mol. The number of phenolic OH excluding ortho intramolecular Hbond substituents is 2.